The number of carbonyl (C=O) groups excluding carboxylic acids is 1. The van der Waals surface area contributed by atoms with E-state index in [1.807, 2.05) is 10.3 Å². The number of terminal acetylenes is 1. The van der Waals surface area contributed by atoms with Crippen LogP contribution in [0.3, 0.4) is 0 Å². The standard InChI is InChI=1S/C19H22N6O2S/c1-2-3-5-19(21-22-19)6-4-16(26)24-9-7-23(8-10-24)14-15-13-17(27)25-11-12-28-18(25)20-15/h1,11-13H,3-10,14H2. The molecule has 28 heavy (non-hydrogen) atoms. The Kier molecular flexibility index (Phi) is 5.24. The minimum atomic E-state index is -0.399. The monoisotopic (exact) mass is 398 g/mol. The number of rotatable bonds is 7. The van der Waals surface area contributed by atoms with Crippen molar-refractivity contribution < 1.29 is 4.79 Å². The lowest BCUT2D eigenvalue weighted by Gasteiger charge is -2.34. The molecule has 2 aromatic heterocycles. The average molecular weight is 398 g/mol. The second-order valence-electron chi connectivity index (χ2n) is 7.18. The third-order valence-corrected chi connectivity index (χ3v) is 6.02. The fourth-order valence-electron chi connectivity index (χ4n) is 3.49. The van der Waals surface area contributed by atoms with Gasteiger partial charge in [-0.3, -0.25) is 18.9 Å². The Balaban J connectivity index is 1.25. The highest BCUT2D eigenvalue weighted by molar-refractivity contribution is 7.15. The molecule has 0 unspecified atom stereocenters. The Hall–Kier alpha value is -2.57. The van der Waals surface area contributed by atoms with E-state index < -0.39 is 5.66 Å². The van der Waals surface area contributed by atoms with Gasteiger partial charge in [-0.25, -0.2) is 4.98 Å². The molecule has 146 valence electrons. The Morgan fingerprint density at radius 2 is 2.04 bits per heavy atom. The summed E-state index contributed by atoms with van der Waals surface area (Å²) in [5, 5.41) is 10.0. The van der Waals surface area contributed by atoms with Gasteiger partial charge in [0.1, 0.15) is 0 Å². The summed E-state index contributed by atoms with van der Waals surface area (Å²) in [6.45, 7) is 3.54. The van der Waals surface area contributed by atoms with Gasteiger partial charge in [0.25, 0.3) is 5.56 Å². The van der Waals surface area contributed by atoms with Crippen LogP contribution in [0.15, 0.2) is 32.7 Å². The number of hydrogen-bond acceptors (Lipinski definition) is 7. The van der Waals surface area contributed by atoms with Crippen molar-refractivity contribution in [1.29, 1.82) is 0 Å². The normalized spacial score (nSPS) is 18.3. The largest absolute Gasteiger partial charge is 0.340 e. The Labute approximate surface area is 166 Å². The highest BCUT2D eigenvalue weighted by Crippen LogP contribution is 2.37. The van der Waals surface area contributed by atoms with Gasteiger partial charge in [0.2, 0.25) is 5.91 Å². The van der Waals surface area contributed by atoms with E-state index in [0.29, 0.717) is 43.9 Å². The fraction of sp³-hybridized carbons (Fsp3) is 0.526. The molecule has 0 atom stereocenters. The number of hydrogen-bond donors (Lipinski definition) is 0. The molecule has 1 fully saturated rings. The molecule has 2 aliphatic heterocycles. The van der Waals surface area contributed by atoms with Gasteiger partial charge in [-0.15, -0.1) is 23.7 Å². The number of carbonyl (C=O) groups is 1. The summed E-state index contributed by atoms with van der Waals surface area (Å²) in [6, 6.07) is 1.59. The number of nitrogens with zero attached hydrogens (tertiary/aromatic N) is 6. The number of piperazine rings is 1. The minimum Gasteiger partial charge on any atom is -0.340 e. The molecule has 8 nitrogen and oxygen atoms in total. The van der Waals surface area contributed by atoms with Crippen molar-refractivity contribution in [3.05, 3.63) is 33.7 Å². The molecule has 0 spiro atoms. The van der Waals surface area contributed by atoms with Crippen molar-refractivity contribution in [2.24, 2.45) is 10.2 Å². The molecular formula is C19H22N6O2S. The second kappa shape index (κ2) is 7.81. The van der Waals surface area contributed by atoms with E-state index in [2.05, 4.69) is 26.0 Å². The predicted molar refractivity (Wildman–Crippen MR) is 106 cm³/mol. The van der Waals surface area contributed by atoms with Crippen LogP contribution in [0.1, 0.15) is 31.4 Å². The van der Waals surface area contributed by atoms with Crippen molar-refractivity contribution >= 4 is 22.2 Å². The lowest BCUT2D eigenvalue weighted by atomic mass is 10.0. The molecule has 2 aromatic rings. The van der Waals surface area contributed by atoms with Crippen molar-refractivity contribution in [1.82, 2.24) is 19.2 Å². The number of aromatic nitrogens is 2. The molecule has 0 aromatic carbocycles. The predicted octanol–water partition coefficient (Wildman–Crippen LogP) is 1.76. The van der Waals surface area contributed by atoms with Crippen molar-refractivity contribution in [3.63, 3.8) is 0 Å². The van der Waals surface area contributed by atoms with Crippen LogP contribution in [0.2, 0.25) is 0 Å². The Morgan fingerprint density at radius 1 is 1.25 bits per heavy atom. The first-order valence-corrected chi connectivity index (χ1v) is 10.3. The molecule has 0 bridgehead atoms. The first-order valence-electron chi connectivity index (χ1n) is 9.42. The Morgan fingerprint density at radius 3 is 2.75 bits per heavy atom. The summed E-state index contributed by atoms with van der Waals surface area (Å²) >= 11 is 1.45. The number of amides is 1. The van der Waals surface area contributed by atoms with Crippen LogP contribution < -0.4 is 5.56 Å². The van der Waals surface area contributed by atoms with Crippen LogP contribution in [-0.4, -0.2) is 56.9 Å². The van der Waals surface area contributed by atoms with Crippen LogP contribution in [-0.2, 0) is 11.3 Å². The van der Waals surface area contributed by atoms with Gasteiger partial charge in [-0.2, -0.15) is 10.2 Å². The molecule has 0 aliphatic carbocycles. The summed E-state index contributed by atoms with van der Waals surface area (Å²) in [4.78, 5) is 34.0. The van der Waals surface area contributed by atoms with Gasteiger partial charge in [0.15, 0.2) is 10.6 Å². The van der Waals surface area contributed by atoms with E-state index >= 15 is 0 Å². The topological polar surface area (TPSA) is 82.6 Å². The lowest BCUT2D eigenvalue weighted by molar-refractivity contribution is -0.133. The zero-order chi connectivity index (χ0) is 19.6. The summed E-state index contributed by atoms with van der Waals surface area (Å²) in [6.07, 6.45) is 9.49. The van der Waals surface area contributed by atoms with Gasteiger partial charge in [-0.05, 0) is 0 Å². The van der Waals surface area contributed by atoms with Crippen molar-refractivity contribution in [2.75, 3.05) is 26.2 Å². The molecule has 0 N–H and O–H groups in total. The number of fused-ring (bicyclic) bond motifs is 1. The Bertz CT molecular complexity index is 990. The summed E-state index contributed by atoms with van der Waals surface area (Å²) < 4.78 is 1.56. The van der Waals surface area contributed by atoms with Crippen molar-refractivity contribution in [3.8, 4) is 12.3 Å². The van der Waals surface area contributed by atoms with E-state index in [-0.39, 0.29) is 11.5 Å². The van der Waals surface area contributed by atoms with E-state index in [4.69, 9.17) is 6.42 Å². The smallest absolute Gasteiger partial charge is 0.258 e. The van der Waals surface area contributed by atoms with E-state index in [1.54, 1.807) is 16.7 Å². The van der Waals surface area contributed by atoms with Gasteiger partial charge >= 0.3 is 0 Å². The molecule has 4 rings (SSSR count). The van der Waals surface area contributed by atoms with E-state index in [9.17, 15) is 9.59 Å². The van der Waals surface area contributed by atoms with Gasteiger partial charge in [-0.1, -0.05) is 0 Å². The highest BCUT2D eigenvalue weighted by Gasteiger charge is 2.39. The van der Waals surface area contributed by atoms with Crippen LogP contribution in [0.4, 0.5) is 0 Å². The average Bonchev–Trinajstić information content (AvgIpc) is 3.31. The quantitative estimate of drug-likeness (QED) is 0.666. The first kappa shape index (κ1) is 18.8. The van der Waals surface area contributed by atoms with Crippen LogP contribution in [0.5, 0.6) is 0 Å². The molecule has 9 heteroatoms. The van der Waals surface area contributed by atoms with Gasteiger partial charge in [0, 0.05) is 76.1 Å². The highest BCUT2D eigenvalue weighted by atomic mass is 32.1. The lowest BCUT2D eigenvalue weighted by Crippen LogP contribution is -2.48. The summed E-state index contributed by atoms with van der Waals surface area (Å²) in [5.74, 6) is 2.75. The molecule has 4 heterocycles. The van der Waals surface area contributed by atoms with Crippen molar-refractivity contribution in [2.45, 2.75) is 37.9 Å². The third-order valence-electron chi connectivity index (χ3n) is 5.26. The van der Waals surface area contributed by atoms with Gasteiger partial charge < -0.3 is 4.90 Å². The van der Waals surface area contributed by atoms with Crippen LogP contribution >= 0.6 is 11.3 Å². The second-order valence-corrected chi connectivity index (χ2v) is 8.06. The molecule has 1 amide bonds. The van der Waals surface area contributed by atoms with E-state index in [1.165, 1.54) is 11.3 Å². The maximum Gasteiger partial charge on any atom is 0.258 e. The third kappa shape index (κ3) is 4.13. The maximum atomic E-state index is 12.5. The molecule has 1 saturated heterocycles. The molecule has 0 saturated carbocycles. The zero-order valence-electron chi connectivity index (χ0n) is 15.6. The van der Waals surface area contributed by atoms with Gasteiger partial charge in [0.05, 0.1) is 5.69 Å². The van der Waals surface area contributed by atoms with E-state index in [0.717, 1.165) is 25.2 Å². The summed E-state index contributed by atoms with van der Waals surface area (Å²) in [5.41, 5.74) is 0.327. The van der Waals surface area contributed by atoms with Crippen LogP contribution in [0, 0.1) is 12.3 Å². The SMILES string of the molecule is C#CCCC1(CCC(=O)N2CCN(Cc3cc(=O)n4ccsc4n3)CC2)N=N1. The minimum absolute atomic E-state index is 0.0512. The molecule has 2 aliphatic rings. The first-order chi connectivity index (χ1) is 13.6. The van der Waals surface area contributed by atoms with Crippen LogP contribution in [0.25, 0.3) is 4.96 Å². The molecule has 0 radical (unpaired) electrons. The number of thiazole rings is 1. The maximum absolute atomic E-state index is 12.5. The molecular weight excluding hydrogens is 376 g/mol. The summed E-state index contributed by atoms with van der Waals surface area (Å²) in [7, 11) is 0. The zero-order valence-corrected chi connectivity index (χ0v) is 16.4. The fourth-order valence-corrected chi connectivity index (χ4v) is 4.23.